The molecule has 0 radical (unpaired) electrons. The molecule has 0 N–H and O–H groups in total. The second-order valence-electron chi connectivity index (χ2n) is 4.45. The Hall–Kier alpha value is -1.69. The third-order valence-corrected chi connectivity index (χ3v) is 4.13. The number of carbonyl (C=O) groups excluding carboxylic acids is 1. The van der Waals surface area contributed by atoms with Crippen LogP contribution in [0.25, 0.3) is 11.1 Å². The van der Waals surface area contributed by atoms with Crippen LogP contribution in [-0.2, 0) is 16.1 Å². The zero-order valence-corrected chi connectivity index (χ0v) is 12.3. The minimum atomic E-state index is -0.340. The topological polar surface area (TPSA) is 61.4 Å². The average molecular weight is 295 g/mol. The van der Waals surface area contributed by atoms with Crippen LogP contribution in [0.3, 0.4) is 0 Å². The molecular weight excluding hydrogens is 278 g/mol. The number of nitrogens with zero attached hydrogens (tertiary/aromatic N) is 1. The molecule has 0 bridgehead atoms. The molecule has 0 aliphatic carbocycles. The van der Waals surface area contributed by atoms with Crippen LogP contribution >= 0.6 is 11.8 Å². The summed E-state index contributed by atoms with van der Waals surface area (Å²) in [5, 5.41) is 0.163. The SMILES string of the molecule is COC(=O)CC(C)SCCn1c(=O)oc2ccccc21. The van der Waals surface area contributed by atoms with Crippen molar-refractivity contribution in [3.63, 3.8) is 0 Å². The van der Waals surface area contributed by atoms with Gasteiger partial charge in [-0.2, -0.15) is 11.8 Å². The van der Waals surface area contributed by atoms with Gasteiger partial charge >= 0.3 is 11.7 Å². The standard InChI is InChI=1S/C14H17NO4S/c1-10(9-13(16)18-2)20-8-7-15-11-5-3-4-6-12(11)19-14(15)17/h3-6,10H,7-9H2,1-2H3. The highest BCUT2D eigenvalue weighted by molar-refractivity contribution is 7.99. The molecule has 0 fully saturated rings. The third-order valence-electron chi connectivity index (χ3n) is 2.97. The van der Waals surface area contributed by atoms with Crippen molar-refractivity contribution in [3.05, 3.63) is 34.8 Å². The highest BCUT2D eigenvalue weighted by atomic mass is 32.2. The molecule has 6 heteroatoms. The van der Waals surface area contributed by atoms with Gasteiger partial charge in [0.1, 0.15) is 0 Å². The predicted molar refractivity (Wildman–Crippen MR) is 79.0 cm³/mol. The van der Waals surface area contributed by atoms with Crippen molar-refractivity contribution >= 4 is 28.8 Å². The van der Waals surface area contributed by atoms with Crippen LogP contribution in [0.1, 0.15) is 13.3 Å². The fourth-order valence-corrected chi connectivity index (χ4v) is 2.89. The number of benzene rings is 1. The summed E-state index contributed by atoms with van der Waals surface area (Å²) in [6.07, 6.45) is 0.377. The van der Waals surface area contributed by atoms with Crippen molar-refractivity contribution in [3.8, 4) is 0 Å². The van der Waals surface area contributed by atoms with Crippen molar-refractivity contribution < 1.29 is 13.9 Å². The zero-order chi connectivity index (χ0) is 14.5. The number of aryl methyl sites for hydroxylation is 1. The number of hydrogen-bond acceptors (Lipinski definition) is 5. The first-order valence-corrected chi connectivity index (χ1v) is 7.43. The van der Waals surface area contributed by atoms with Crippen LogP contribution in [0, 0.1) is 0 Å². The lowest BCUT2D eigenvalue weighted by molar-refractivity contribution is -0.140. The monoisotopic (exact) mass is 295 g/mol. The summed E-state index contributed by atoms with van der Waals surface area (Å²) in [6, 6.07) is 7.35. The smallest absolute Gasteiger partial charge is 0.419 e. The minimum Gasteiger partial charge on any atom is -0.469 e. The molecule has 1 atom stereocenters. The van der Waals surface area contributed by atoms with Gasteiger partial charge in [-0.05, 0) is 12.1 Å². The summed E-state index contributed by atoms with van der Waals surface area (Å²) in [7, 11) is 1.39. The number of para-hydroxylation sites is 2. The van der Waals surface area contributed by atoms with Crippen LogP contribution in [0.15, 0.2) is 33.5 Å². The molecule has 1 aromatic carbocycles. The zero-order valence-electron chi connectivity index (χ0n) is 11.5. The Kier molecular flexibility index (Phi) is 4.89. The minimum absolute atomic E-state index is 0.163. The Labute approximate surface area is 120 Å². The Bertz CT molecular complexity index is 646. The highest BCUT2D eigenvalue weighted by Gasteiger charge is 2.11. The number of esters is 1. The van der Waals surface area contributed by atoms with Gasteiger partial charge in [0.05, 0.1) is 19.0 Å². The van der Waals surface area contributed by atoms with Gasteiger partial charge in [0.25, 0.3) is 0 Å². The summed E-state index contributed by atoms with van der Waals surface area (Å²) in [5.74, 6) is 0.185. The molecule has 20 heavy (non-hydrogen) atoms. The van der Waals surface area contributed by atoms with E-state index in [0.717, 1.165) is 11.3 Å². The number of hydrogen-bond donors (Lipinski definition) is 0. The molecule has 0 spiro atoms. The van der Waals surface area contributed by atoms with E-state index >= 15 is 0 Å². The quantitative estimate of drug-likeness (QED) is 0.765. The maximum Gasteiger partial charge on any atom is 0.419 e. The van der Waals surface area contributed by atoms with Gasteiger partial charge < -0.3 is 9.15 Å². The van der Waals surface area contributed by atoms with Crippen LogP contribution in [0.2, 0.25) is 0 Å². The summed E-state index contributed by atoms with van der Waals surface area (Å²) < 4.78 is 11.4. The summed E-state index contributed by atoms with van der Waals surface area (Å²) in [6.45, 7) is 2.53. The molecule has 2 aromatic rings. The van der Waals surface area contributed by atoms with E-state index in [0.29, 0.717) is 18.5 Å². The van der Waals surface area contributed by atoms with Crippen LogP contribution in [0.5, 0.6) is 0 Å². The lowest BCUT2D eigenvalue weighted by Gasteiger charge is -2.09. The van der Waals surface area contributed by atoms with Gasteiger partial charge in [0.15, 0.2) is 5.58 Å². The summed E-state index contributed by atoms with van der Waals surface area (Å²) in [5.41, 5.74) is 1.41. The fraction of sp³-hybridized carbons (Fsp3) is 0.429. The van der Waals surface area contributed by atoms with Gasteiger partial charge in [0.2, 0.25) is 0 Å². The molecule has 0 aliphatic heterocycles. The van der Waals surface area contributed by atoms with Crippen molar-refractivity contribution in [2.75, 3.05) is 12.9 Å². The van der Waals surface area contributed by atoms with E-state index in [1.54, 1.807) is 22.4 Å². The first-order valence-electron chi connectivity index (χ1n) is 6.38. The predicted octanol–water partition coefficient (Wildman–Crippen LogP) is 2.28. The number of ether oxygens (including phenoxy) is 1. The molecule has 1 unspecified atom stereocenters. The van der Waals surface area contributed by atoms with Gasteiger partial charge in [-0.3, -0.25) is 9.36 Å². The number of carbonyl (C=O) groups is 1. The number of methoxy groups -OCH3 is 1. The molecule has 1 heterocycles. The van der Waals surface area contributed by atoms with Crippen molar-refractivity contribution in [2.24, 2.45) is 0 Å². The Morgan fingerprint density at radius 2 is 2.20 bits per heavy atom. The second kappa shape index (κ2) is 6.65. The average Bonchev–Trinajstić information content (AvgIpc) is 2.75. The normalized spacial score (nSPS) is 12.5. The number of aromatic nitrogens is 1. The summed E-state index contributed by atoms with van der Waals surface area (Å²) >= 11 is 1.63. The lowest BCUT2D eigenvalue weighted by atomic mass is 10.3. The van der Waals surface area contributed by atoms with E-state index in [4.69, 9.17) is 4.42 Å². The van der Waals surface area contributed by atoms with Crippen molar-refractivity contribution in [2.45, 2.75) is 25.1 Å². The largest absolute Gasteiger partial charge is 0.469 e. The Morgan fingerprint density at radius 3 is 2.95 bits per heavy atom. The van der Waals surface area contributed by atoms with Crippen molar-refractivity contribution in [1.29, 1.82) is 0 Å². The molecule has 5 nitrogen and oxygen atoms in total. The van der Waals surface area contributed by atoms with Gasteiger partial charge in [-0.1, -0.05) is 19.1 Å². The lowest BCUT2D eigenvalue weighted by Crippen LogP contribution is -2.17. The first kappa shape index (κ1) is 14.7. The first-order chi connectivity index (χ1) is 9.61. The molecule has 0 amide bonds. The van der Waals surface area contributed by atoms with E-state index in [1.807, 2.05) is 25.1 Å². The van der Waals surface area contributed by atoms with E-state index in [9.17, 15) is 9.59 Å². The fourth-order valence-electron chi connectivity index (χ4n) is 1.95. The van der Waals surface area contributed by atoms with Crippen LogP contribution in [-0.4, -0.2) is 28.6 Å². The number of rotatable bonds is 6. The summed E-state index contributed by atoms with van der Waals surface area (Å²) in [4.78, 5) is 22.9. The number of thioether (sulfide) groups is 1. The number of oxazole rings is 1. The van der Waals surface area contributed by atoms with Gasteiger partial charge in [-0.25, -0.2) is 4.79 Å². The van der Waals surface area contributed by atoms with E-state index in [1.165, 1.54) is 7.11 Å². The van der Waals surface area contributed by atoms with E-state index < -0.39 is 0 Å². The Balaban J connectivity index is 1.95. The highest BCUT2D eigenvalue weighted by Crippen LogP contribution is 2.17. The number of fused-ring (bicyclic) bond motifs is 1. The Morgan fingerprint density at radius 1 is 1.45 bits per heavy atom. The van der Waals surface area contributed by atoms with Gasteiger partial charge in [-0.15, -0.1) is 0 Å². The van der Waals surface area contributed by atoms with Crippen LogP contribution in [0.4, 0.5) is 0 Å². The maximum absolute atomic E-state index is 11.8. The van der Waals surface area contributed by atoms with E-state index in [-0.39, 0.29) is 17.0 Å². The molecule has 0 aliphatic rings. The van der Waals surface area contributed by atoms with Gasteiger partial charge in [0, 0.05) is 17.5 Å². The third kappa shape index (κ3) is 3.45. The van der Waals surface area contributed by atoms with Crippen LogP contribution < -0.4 is 5.76 Å². The maximum atomic E-state index is 11.8. The molecule has 1 aromatic heterocycles. The van der Waals surface area contributed by atoms with E-state index in [2.05, 4.69) is 4.74 Å². The molecule has 0 saturated heterocycles. The molecular formula is C14H17NO4S. The molecule has 108 valence electrons. The molecule has 2 rings (SSSR count). The molecule has 0 saturated carbocycles. The second-order valence-corrected chi connectivity index (χ2v) is 6.00. The van der Waals surface area contributed by atoms with Crippen molar-refractivity contribution in [1.82, 2.24) is 4.57 Å².